The highest BCUT2D eigenvalue weighted by Crippen LogP contribution is 2.45. The van der Waals surface area contributed by atoms with Gasteiger partial charge in [-0.1, -0.05) is 34.8 Å². The molecule has 0 unspecified atom stereocenters. The lowest BCUT2D eigenvalue weighted by atomic mass is 10.3. The van der Waals surface area contributed by atoms with Crippen LogP contribution in [0.15, 0.2) is 8.95 Å². The van der Waals surface area contributed by atoms with Crippen LogP contribution in [0, 0.1) is 0 Å². The topological polar surface area (TPSA) is 26.0 Å². The number of benzene rings is 1. The van der Waals surface area contributed by atoms with Gasteiger partial charge in [-0.25, -0.2) is 0 Å². The molecule has 2 N–H and O–H groups in total. The van der Waals surface area contributed by atoms with E-state index >= 15 is 0 Å². The Bertz CT molecular complexity index is 235. The van der Waals surface area contributed by atoms with Crippen molar-refractivity contribution >= 4 is 72.4 Å². The van der Waals surface area contributed by atoms with E-state index in [9.17, 15) is 0 Å². The van der Waals surface area contributed by atoms with E-state index in [-0.39, 0.29) is 5.02 Å². The van der Waals surface area contributed by atoms with Crippen LogP contribution in [-0.2, 0) is 0 Å². The van der Waals surface area contributed by atoms with Crippen LogP contribution >= 0.6 is 66.7 Å². The van der Waals surface area contributed by atoms with Gasteiger partial charge in [0.25, 0.3) is 0 Å². The van der Waals surface area contributed by atoms with Gasteiger partial charge in [0.2, 0.25) is 0 Å². The molecule has 0 saturated heterocycles. The van der Waals surface area contributed by atoms with E-state index < -0.39 is 0 Å². The molecule has 0 aromatic heterocycles. The molecule has 0 bridgehead atoms. The summed E-state index contributed by atoms with van der Waals surface area (Å²) in [6.45, 7) is 0. The van der Waals surface area contributed by atoms with Crippen LogP contribution in [0.5, 0.6) is 0 Å². The van der Waals surface area contributed by atoms with E-state index in [4.69, 9.17) is 40.5 Å². The van der Waals surface area contributed by atoms with Crippen LogP contribution in [0.1, 0.15) is 0 Å². The quantitative estimate of drug-likeness (QED) is 0.406. The molecule has 0 aliphatic carbocycles. The minimum atomic E-state index is 0.284. The summed E-state index contributed by atoms with van der Waals surface area (Å²) in [5, 5.41) is 0.927. The number of nitrogen functional groups attached to an aromatic ring is 1. The van der Waals surface area contributed by atoms with E-state index in [2.05, 4.69) is 31.9 Å². The van der Waals surface area contributed by atoms with Gasteiger partial charge in [0.05, 0.1) is 29.7 Å². The van der Waals surface area contributed by atoms with Gasteiger partial charge in [-0.05, 0) is 31.9 Å². The summed E-state index contributed by atoms with van der Waals surface area (Å²) in [6, 6.07) is 0. The summed E-state index contributed by atoms with van der Waals surface area (Å²) in [5.74, 6) is 0. The maximum absolute atomic E-state index is 5.80. The molecule has 12 heavy (non-hydrogen) atoms. The van der Waals surface area contributed by atoms with Gasteiger partial charge in [-0.2, -0.15) is 0 Å². The molecule has 0 aliphatic heterocycles. The van der Waals surface area contributed by atoms with E-state index in [0.717, 1.165) is 0 Å². The maximum atomic E-state index is 5.80. The average molecular weight is 354 g/mol. The molecule has 0 saturated carbocycles. The van der Waals surface area contributed by atoms with Crippen LogP contribution in [0.2, 0.25) is 15.1 Å². The third kappa shape index (κ3) is 1.70. The van der Waals surface area contributed by atoms with E-state index in [1.807, 2.05) is 0 Å². The maximum Gasteiger partial charge on any atom is 0.0803 e. The molecule has 6 heteroatoms. The van der Waals surface area contributed by atoms with Gasteiger partial charge in [-0.15, -0.1) is 0 Å². The molecule has 1 aromatic carbocycles. The lowest BCUT2D eigenvalue weighted by Crippen LogP contribution is -1.91. The second-order valence-electron chi connectivity index (χ2n) is 1.98. The highest BCUT2D eigenvalue weighted by molar-refractivity contribution is 9.11. The number of halogens is 5. The zero-order valence-corrected chi connectivity index (χ0v) is 10.9. The minimum Gasteiger partial charge on any atom is -0.397 e. The molecule has 1 rings (SSSR count). The molecular formula is C6H2Br2Cl3N. The van der Waals surface area contributed by atoms with Gasteiger partial charge >= 0.3 is 0 Å². The van der Waals surface area contributed by atoms with Crippen molar-refractivity contribution in [2.75, 3.05) is 5.73 Å². The first-order chi connectivity index (χ1) is 5.46. The van der Waals surface area contributed by atoms with Crippen molar-refractivity contribution in [1.82, 2.24) is 0 Å². The Morgan fingerprint density at radius 3 is 1.50 bits per heavy atom. The first kappa shape index (κ1) is 10.9. The average Bonchev–Trinajstić information content (AvgIpc) is 2.08. The number of nitrogens with two attached hydrogens (primary N) is 1. The van der Waals surface area contributed by atoms with Crippen LogP contribution in [0.25, 0.3) is 0 Å². The highest BCUT2D eigenvalue weighted by atomic mass is 79.9. The van der Waals surface area contributed by atoms with Crippen molar-refractivity contribution in [2.45, 2.75) is 0 Å². The molecule has 1 aromatic rings. The standard InChI is InChI=1S/C6H2Br2Cl3N/c7-1-3(9)5(11)4(10)2(8)6(1)12/h12H2. The molecule has 0 fully saturated rings. The first-order valence-corrected chi connectivity index (χ1v) is 5.45. The Kier molecular flexibility index (Phi) is 3.58. The van der Waals surface area contributed by atoms with Gasteiger partial charge in [0, 0.05) is 0 Å². The summed E-state index contributed by atoms with van der Waals surface area (Å²) >= 11 is 23.7. The number of hydrogen-bond acceptors (Lipinski definition) is 1. The Morgan fingerprint density at radius 1 is 0.833 bits per heavy atom. The van der Waals surface area contributed by atoms with Crippen molar-refractivity contribution in [3.05, 3.63) is 24.0 Å². The molecule has 66 valence electrons. The van der Waals surface area contributed by atoms with E-state index in [1.165, 1.54) is 0 Å². The predicted molar refractivity (Wildman–Crippen MR) is 61.3 cm³/mol. The SMILES string of the molecule is Nc1c(Br)c(Cl)c(Cl)c(Cl)c1Br. The third-order valence-electron chi connectivity index (χ3n) is 1.24. The van der Waals surface area contributed by atoms with Gasteiger partial charge < -0.3 is 5.73 Å². The van der Waals surface area contributed by atoms with Gasteiger partial charge in [0.15, 0.2) is 0 Å². The highest BCUT2D eigenvalue weighted by Gasteiger charge is 2.15. The smallest absolute Gasteiger partial charge is 0.0803 e. The minimum absolute atomic E-state index is 0.284. The van der Waals surface area contributed by atoms with Crippen molar-refractivity contribution in [3.63, 3.8) is 0 Å². The fourth-order valence-electron chi connectivity index (χ4n) is 0.622. The van der Waals surface area contributed by atoms with Gasteiger partial charge in [-0.3, -0.25) is 0 Å². The molecule has 0 atom stereocenters. The second kappa shape index (κ2) is 3.93. The summed E-state index contributed by atoms with van der Waals surface area (Å²) in [6.07, 6.45) is 0. The molecular weight excluding hydrogens is 352 g/mol. The molecule has 1 nitrogen and oxygen atoms in total. The third-order valence-corrected chi connectivity index (χ3v) is 4.68. The Balaban J connectivity index is 3.60. The van der Waals surface area contributed by atoms with Crippen molar-refractivity contribution in [2.24, 2.45) is 0 Å². The number of anilines is 1. The van der Waals surface area contributed by atoms with Crippen LogP contribution in [0.4, 0.5) is 5.69 Å². The Labute approximate surface area is 101 Å². The normalized spacial score (nSPS) is 10.4. The Hall–Kier alpha value is 0.850. The van der Waals surface area contributed by atoms with Crippen LogP contribution in [-0.4, -0.2) is 0 Å². The molecule has 0 radical (unpaired) electrons. The summed E-state index contributed by atoms with van der Waals surface area (Å²) in [7, 11) is 0. The van der Waals surface area contributed by atoms with E-state index in [0.29, 0.717) is 24.7 Å². The van der Waals surface area contributed by atoms with Crippen LogP contribution < -0.4 is 5.73 Å². The molecule has 0 spiro atoms. The molecule has 0 amide bonds. The monoisotopic (exact) mass is 351 g/mol. The van der Waals surface area contributed by atoms with E-state index in [1.54, 1.807) is 0 Å². The fourth-order valence-corrected chi connectivity index (χ4v) is 2.54. The molecule has 0 aliphatic rings. The molecule has 0 heterocycles. The first-order valence-electron chi connectivity index (χ1n) is 2.73. The summed E-state index contributed by atoms with van der Waals surface area (Å²) < 4.78 is 1.09. The van der Waals surface area contributed by atoms with Crippen LogP contribution in [0.3, 0.4) is 0 Å². The lowest BCUT2D eigenvalue weighted by molar-refractivity contribution is 1.58. The van der Waals surface area contributed by atoms with Crippen molar-refractivity contribution in [3.8, 4) is 0 Å². The largest absolute Gasteiger partial charge is 0.397 e. The lowest BCUT2D eigenvalue weighted by Gasteiger charge is -2.08. The zero-order chi connectivity index (χ0) is 9.46. The fraction of sp³-hybridized carbons (Fsp3) is 0. The summed E-state index contributed by atoms with van der Waals surface area (Å²) in [4.78, 5) is 0. The van der Waals surface area contributed by atoms with Gasteiger partial charge in [0.1, 0.15) is 0 Å². The number of hydrogen-bond donors (Lipinski definition) is 1. The predicted octanol–water partition coefficient (Wildman–Crippen LogP) is 4.75. The number of rotatable bonds is 0. The summed E-state index contributed by atoms with van der Waals surface area (Å²) in [5.41, 5.74) is 6.07. The van der Waals surface area contributed by atoms with Crippen molar-refractivity contribution in [1.29, 1.82) is 0 Å². The second-order valence-corrected chi connectivity index (χ2v) is 4.70. The zero-order valence-electron chi connectivity index (χ0n) is 5.47. The Morgan fingerprint density at radius 2 is 1.17 bits per heavy atom. The van der Waals surface area contributed by atoms with Crippen molar-refractivity contribution < 1.29 is 0 Å².